The molecule has 1 aliphatic carbocycles. The number of hydrogen-bond acceptors (Lipinski definition) is 4. The summed E-state index contributed by atoms with van der Waals surface area (Å²) in [5.74, 6) is -1.75. The van der Waals surface area contributed by atoms with Crippen molar-refractivity contribution in [3.8, 4) is 0 Å². The molecule has 3 fully saturated rings. The Morgan fingerprint density at radius 2 is 1.76 bits per heavy atom. The molecule has 6 nitrogen and oxygen atoms in total. The van der Waals surface area contributed by atoms with Crippen molar-refractivity contribution in [1.82, 2.24) is 4.90 Å². The maximum absolute atomic E-state index is 12.9. The molecule has 2 saturated heterocycles. The Hall–Kier alpha value is -1.43. The number of carbonyl (C=O) groups excluding carboxylic acids is 2. The van der Waals surface area contributed by atoms with Gasteiger partial charge < -0.3 is 9.84 Å². The van der Waals surface area contributed by atoms with Crippen molar-refractivity contribution < 1.29 is 24.2 Å². The predicted octanol–water partition coefficient (Wildman–Crippen LogP) is 1.33. The summed E-state index contributed by atoms with van der Waals surface area (Å²) in [4.78, 5) is 38.1. The molecular weight excluding hydrogens is 274 g/mol. The highest BCUT2D eigenvalue weighted by Crippen LogP contribution is 2.47. The molecule has 3 aliphatic rings. The Balaban J connectivity index is 1.95. The molecule has 116 valence electrons. The average molecular weight is 295 g/mol. The second kappa shape index (κ2) is 5.09. The van der Waals surface area contributed by atoms with Crippen LogP contribution in [0.5, 0.6) is 0 Å². The van der Waals surface area contributed by atoms with E-state index < -0.39 is 16.9 Å². The standard InChI is InChI=1S/C15H21NO5/c17-11-9-14(5-3-1-2-4-6-14)12(18)16(11)15(13(19)20)7-8-21-10-15/h1-10H2,(H,19,20). The van der Waals surface area contributed by atoms with Gasteiger partial charge >= 0.3 is 5.97 Å². The van der Waals surface area contributed by atoms with Gasteiger partial charge in [-0.05, 0) is 12.8 Å². The van der Waals surface area contributed by atoms with E-state index in [1.54, 1.807) is 0 Å². The summed E-state index contributed by atoms with van der Waals surface area (Å²) in [6, 6.07) is 0. The van der Waals surface area contributed by atoms with Gasteiger partial charge in [-0.3, -0.25) is 14.5 Å². The van der Waals surface area contributed by atoms with Crippen molar-refractivity contribution in [3.05, 3.63) is 0 Å². The van der Waals surface area contributed by atoms with E-state index in [-0.39, 0.29) is 37.9 Å². The van der Waals surface area contributed by atoms with E-state index in [0.717, 1.165) is 30.6 Å². The minimum absolute atomic E-state index is 0.0874. The summed E-state index contributed by atoms with van der Waals surface area (Å²) in [6.07, 6.45) is 5.78. The first-order chi connectivity index (χ1) is 10.0. The summed E-state index contributed by atoms with van der Waals surface area (Å²) in [6.45, 7) is 0.187. The minimum atomic E-state index is -1.48. The van der Waals surface area contributed by atoms with E-state index in [4.69, 9.17) is 4.74 Å². The smallest absolute Gasteiger partial charge is 0.332 e. The molecule has 0 aromatic carbocycles. The lowest BCUT2D eigenvalue weighted by Gasteiger charge is -2.33. The van der Waals surface area contributed by atoms with Crippen molar-refractivity contribution in [1.29, 1.82) is 0 Å². The van der Waals surface area contributed by atoms with Gasteiger partial charge in [0.05, 0.1) is 12.0 Å². The third-order valence-electron chi connectivity index (χ3n) is 5.28. The lowest BCUT2D eigenvalue weighted by molar-refractivity contribution is -0.164. The quantitative estimate of drug-likeness (QED) is 0.777. The van der Waals surface area contributed by atoms with E-state index in [1.165, 1.54) is 0 Å². The van der Waals surface area contributed by atoms with Gasteiger partial charge in [0.1, 0.15) is 0 Å². The Labute approximate surface area is 123 Å². The molecule has 2 aliphatic heterocycles. The summed E-state index contributed by atoms with van der Waals surface area (Å²) in [5, 5.41) is 9.58. The number of rotatable bonds is 2. The zero-order valence-corrected chi connectivity index (χ0v) is 12.1. The van der Waals surface area contributed by atoms with Gasteiger partial charge in [0.15, 0.2) is 5.54 Å². The number of carboxylic acids is 1. The van der Waals surface area contributed by atoms with E-state index in [0.29, 0.717) is 12.8 Å². The van der Waals surface area contributed by atoms with Crippen LogP contribution >= 0.6 is 0 Å². The highest BCUT2D eigenvalue weighted by atomic mass is 16.5. The van der Waals surface area contributed by atoms with Crippen LogP contribution in [0.25, 0.3) is 0 Å². The van der Waals surface area contributed by atoms with Crippen molar-refractivity contribution in [2.24, 2.45) is 5.41 Å². The molecule has 1 unspecified atom stereocenters. The van der Waals surface area contributed by atoms with Crippen LogP contribution in [0.2, 0.25) is 0 Å². The zero-order chi connectivity index (χ0) is 15.1. The second-order valence-corrected chi connectivity index (χ2v) is 6.54. The van der Waals surface area contributed by atoms with Crippen molar-refractivity contribution in [3.63, 3.8) is 0 Å². The number of aliphatic carboxylic acids is 1. The van der Waals surface area contributed by atoms with Crippen LogP contribution in [0.15, 0.2) is 0 Å². The van der Waals surface area contributed by atoms with Crippen molar-refractivity contribution >= 4 is 17.8 Å². The highest BCUT2D eigenvalue weighted by molar-refractivity contribution is 6.09. The van der Waals surface area contributed by atoms with Gasteiger partial charge in [0.2, 0.25) is 11.8 Å². The number of likely N-dealkylation sites (tertiary alicyclic amines) is 1. The molecular formula is C15H21NO5. The number of amides is 2. The van der Waals surface area contributed by atoms with E-state index in [1.807, 2.05) is 0 Å². The number of hydrogen-bond donors (Lipinski definition) is 1. The fourth-order valence-electron chi connectivity index (χ4n) is 4.02. The summed E-state index contributed by atoms with van der Waals surface area (Å²) >= 11 is 0. The van der Waals surface area contributed by atoms with Crippen LogP contribution in [0.1, 0.15) is 51.4 Å². The molecule has 2 heterocycles. The van der Waals surface area contributed by atoms with E-state index in [2.05, 4.69) is 0 Å². The van der Waals surface area contributed by atoms with Crippen LogP contribution < -0.4 is 0 Å². The largest absolute Gasteiger partial charge is 0.479 e. The third kappa shape index (κ3) is 2.08. The normalized spacial score (nSPS) is 32.7. The highest BCUT2D eigenvalue weighted by Gasteiger charge is 2.61. The van der Waals surface area contributed by atoms with E-state index >= 15 is 0 Å². The van der Waals surface area contributed by atoms with Crippen LogP contribution in [0, 0.1) is 5.41 Å². The third-order valence-corrected chi connectivity index (χ3v) is 5.28. The molecule has 6 heteroatoms. The minimum Gasteiger partial charge on any atom is -0.479 e. The zero-order valence-electron chi connectivity index (χ0n) is 12.1. The van der Waals surface area contributed by atoms with Crippen LogP contribution in [-0.4, -0.2) is 46.5 Å². The first-order valence-corrected chi connectivity index (χ1v) is 7.71. The number of carbonyl (C=O) groups is 3. The van der Waals surface area contributed by atoms with Gasteiger partial charge in [0.25, 0.3) is 0 Å². The fourth-order valence-corrected chi connectivity index (χ4v) is 4.02. The molecule has 0 aromatic heterocycles. The molecule has 0 radical (unpaired) electrons. The average Bonchev–Trinajstić information content (AvgIpc) is 2.91. The molecule has 21 heavy (non-hydrogen) atoms. The summed E-state index contributed by atoms with van der Waals surface area (Å²) in [7, 11) is 0. The monoisotopic (exact) mass is 295 g/mol. The number of nitrogens with zero attached hydrogens (tertiary/aromatic N) is 1. The summed E-state index contributed by atoms with van der Waals surface area (Å²) in [5.41, 5.74) is -2.14. The molecule has 1 spiro atoms. The predicted molar refractivity (Wildman–Crippen MR) is 72.4 cm³/mol. The first kappa shape index (κ1) is 14.5. The topological polar surface area (TPSA) is 83.9 Å². The van der Waals surface area contributed by atoms with Gasteiger partial charge in [-0.25, -0.2) is 4.79 Å². The Morgan fingerprint density at radius 3 is 2.29 bits per heavy atom. The molecule has 0 bridgehead atoms. The van der Waals surface area contributed by atoms with Gasteiger partial charge in [-0.1, -0.05) is 25.7 Å². The maximum Gasteiger partial charge on any atom is 0.332 e. The first-order valence-electron chi connectivity index (χ1n) is 7.71. The van der Waals surface area contributed by atoms with E-state index in [9.17, 15) is 19.5 Å². The molecule has 2 amide bonds. The Kier molecular flexibility index (Phi) is 3.51. The molecule has 0 aromatic rings. The van der Waals surface area contributed by atoms with Gasteiger partial charge in [-0.2, -0.15) is 0 Å². The van der Waals surface area contributed by atoms with Crippen LogP contribution in [0.4, 0.5) is 0 Å². The van der Waals surface area contributed by atoms with Crippen LogP contribution in [0.3, 0.4) is 0 Å². The lowest BCUT2D eigenvalue weighted by Crippen LogP contribution is -2.58. The lowest BCUT2D eigenvalue weighted by atomic mass is 9.78. The SMILES string of the molecule is O=C1CC2(CCCCCC2)C(=O)N1C1(C(=O)O)CCOC1. The molecule has 1 N–H and O–H groups in total. The van der Waals surface area contributed by atoms with Crippen LogP contribution in [-0.2, 0) is 19.1 Å². The fraction of sp³-hybridized carbons (Fsp3) is 0.800. The molecule has 1 saturated carbocycles. The van der Waals surface area contributed by atoms with Crippen molar-refractivity contribution in [2.75, 3.05) is 13.2 Å². The number of imide groups is 1. The second-order valence-electron chi connectivity index (χ2n) is 6.54. The number of ether oxygens (including phenoxy) is 1. The maximum atomic E-state index is 12.9. The Morgan fingerprint density at radius 1 is 1.10 bits per heavy atom. The van der Waals surface area contributed by atoms with Gasteiger partial charge in [0, 0.05) is 19.4 Å². The summed E-state index contributed by atoms with van der Waals surface area (Å²) < 4.78 is 5.20. The number of carboxylic acid groups (broad SMARTS) is 1. The Bertz CT molecular complexity index is 472. The molecule has 3 rings (SSSR count). The molecule has 1 atom stereocenters. The van der Waals surface area contributed by atoms with Crippen molar-refractivity contribution in [2.45, 2.75) is 56.9 Å². The van der Waals surface area contributed by atoms with Gasteiger partial charge in [-0.15, -0.1) is 0 Å².